The van der Waals surface area contributed by atoms with Gasteiger partial charge in [-0.05, 0) is 67.1 Å². The highest BCUT2D eigenvalue weighted by molar-refractivity contribution is 7.98. The predicted molar refractivity (Wildman–Crippen MR) is 189 cm³/mol. The summed E-state index contributed by atoms with van der Waals surface area (Å²) in [5.41, 5.74) is 1.14. The van der Waals surface area contributed by atoms with E-state index in [4.69, 9.17) is 4.74 Å². The Hall–Kier alpha value is -4.35. The van der Waals surface area contributed by atoms with Crippen molar-refractivity contribution in [1.82, 2.24) is 10.2 Å². The van der Waals surface area contributed by atoms with E-state index in [9.17, 15) is 18.0 Å². The molecule has 0 aromatic heterocycles. The normalized spacial score (nSPS) is 12.0. The fourth-order valence-electron chi connectivity index (χ4n) is 5.12. The number of para-hydroxylation sites is 2. The van der Waals surface area contributed by atoms with E-state index >= 15 is 4.39 Å². The Kier molecular flexibility index (Phi) is 13.0. The van der Waals surface area contributed by atoms with E-state index < -0.39 is 40.2 Å². The number of nitrogens with zero attached hydrogens (tertiary/aromatic N) is 2. The zero-order valence-electron chi connectivity index (χ0n) is 27.6. The number of halogens is 1. The van der Waals surface area contributed by atoms with Crippen molar-refractivity contribution in [3.63, 3.8) is 0 Å². The van der Waals surface area contributed by atoms with Gasteiger partial charge in [0.1, 0.15) is 24.2 Å². The molecule has 11 heteroatoms. The zero-order valence-corrected chi connectivity index (χ0v) is 29.3. The number of amides is 2. The number of benzene rings is 4. The molecule has 0 unspecified atom stereocenters. The van der Waals surface area contributed by atoms with Crippen molar-refractivity contribution < 1.29 is 27.1 Å². The van der Waals surface area contributed by atoms with Gasteiger partial charge in [-0.15, -0.1) is 11.8 Å². The van der Waals surface area contributed by atoms with Crippen LogP contribution >= 0.6 is 11.8 Å². The van der Waals surface area contributed by atoms with Crippen LogP contribution in [-0.4, -0.2) is 57.1 Å². The molecule has 0 fully saturated rings. The summed E-state index contributed by atoms with van der Waals surface area (Å²) >= 11 is 1.47. The standard InChI is InChI=1S/C37H42FN3O5S2/c1-5-46-35-18-12-11-17-33(35)41(48(44,45)31-21-19-30(47-4)20-22-31)26-36(42)40(25-29-15-9-10-16-32(29)38)34(37(43)39-24-27(2)3)23-28-13-7-6-8-14-28/h6-22,27,34H,5,23-26H2,1-4H3,(H,39,43)/t34-/m0/s1. The van der Waals surface area contributed by atoms with Crippen LogP contribution in [-0.2, 0) is 32.6 Å². The van der Waals surface area contributed by atoms with E-state index in [1.165, 1.54) is 34.9 Å². The van der Waals surface area contributed by atoms with E-state index in [-0.39, 0.29) is 47.4 Å². The second-order valence-corrected chi connectivity index (χ2v) is 14.3. The molecule has 2 amide bonds. The molecule has 0 spiro atoms. The maximum atomic E-state index is 15.1. The molecule has 0 saturated heterocycles. The lowest BCUT2D eigenvalue weighted by atomic mass is 10.0. The summed E-state index contributed by atoms with van der Waals surface area (Å²) in [6.07, 6.45) is 2.02. The minimum absolute atomic E-state index is 0.0180. The van der Waals surface area contributed by atoms with Crippen LogP contribution in [0.5, 0.6) is 5.75 Å². The Balaban J connectivity index is 1.84. The van der Waals surface area contributed by atoms with Crippen molar-refractivity contribution in [1.29, 1.82) is 0 Å². The molecule has 48 heavy (non-hydrogen) atoms. The first-order valence-electron chi connectivity index (χ1n) is 15.8. The molecule has 0 aliphatic heterocycles. The van der Waals surface area contributed by atoms with E-state index in [1.54, 1.807) is 61.5 Å². The summed E-state index contributed by atoms with van der Waals surface area (Å²) in [4.78, 5) is 30.7. The van der Waals surface area contributed by atoms with E-state index in [0.29, 0.717) is 6.54 Å². The molecule has 0 aliphatic rings. The fraction of sp³-hybridized carbons (Fsp3) is 0.297. The Labute approximate surface area is 287 Å². The number of ether oxygens (including phenoxy) is 1. The molecule has 0 aliphatic carbocycles. The maximum absolute atomic E-state index is 15.1. The minimum atomic E-state index is -4.33. The second kappa shape index (κ2) is 17.2. The molecule has 8 nitrogen and oxygen atoms in total. The largest absolute Gasteiger partial charge is 0.492 e. The summed E-state index contributed by atoms with van der Waals surface area (Å²) in [7, 11) is -4.33. The number of nitrogens with one attached hydrogen (secondary N) is 1. The number of hydrogen-bond acceptors (Lipinski definition) is 6. The number of thioether (sulfide) groups is 1. The number of carbonyl (C=O) groups is 2. The highest BCUT2D eigenvalue weighted by Gasteiger charge is 2.36. The SMILES string of the molecule is CCOc1ccccc1N(CC(=O)N(Cc1ccccc1F)[C@@H](Cc1ccccc1)C(=O)NCC(C)C)S(=O)(=O)c1ccc(SC)cc1. The van der Waals surface area contributed by atoms with Crippen molar-refractivity contribution in [2.24, 2.45) is 5.92 Å². The highest BCUT2D eigenvalue weighted by Crippen LogP contribution is 2.33. The molecule has 1 atom stereocenters. The molecule has 1 N–H and O–H groups in total. The molecule has 0 heterocycles. The fourth-order valence-corrected chi connectivity index (χ4v) is 6.95. The lowest BCUT2D eigenvalue weighted by Crippen LogP contribution is -2.53. The Morgan fingerprint density at radius 1 is 0.896 bits per heavy atom. The Morgan fingerprint density at radius 3 is 2.19 bits per heavy atom. The van der Waals surface area contributed by atoms with Crippen molar-refractivity contribution >= 4 is 39.3 Å². The van der Waals surface area contributed by atoms with Gasteiger partial charge in [-0.3, -0.25) is 13.9 Å². The maximum Gasteiger partial charge on any atom is 0.264 e. The van der Waals surface area contributed by atoms with E-state index in [0.717, 1.165) is 14.8 Å². The van der Waals surface area contributed by atoms with Crippen LogP contribution in [0.15, 0.2) is 113 Å². The molecule has 4 rings (SSSR count). The van der Waals surface area contributed by atoms with Gasteiger partial charge in [-0.2, -0.15) is 0 Å². The van der Waals surface area contributed by atoms with Gasteiger partial charge >= 0.3 is 0 Å². The van der Waals surface area contributed by atoms with E-state index in [2.05, 4.69) is 5.32 Å². The van der Waals surface area contributed by atoms with Gasteiger partial charge in [0.2, 0.25) is 11.8 Å². The molecule has 254 valence electrons. The van der Waals surface area contributed by atoms with Crippen molar-refractivity contribution in [3.05, 3.63) is 120 Å². The van der Waals surface area contributed by atoms with E-state index in [1.807, 2.05) is 50.4 Å². The van der Waals surface area contributed by atoms with Crippen molar-refractivity contribution in [2.45, 2.75) is 49.6 Å². The molecule has 0 saturated carbocycles. The number of anilines is 1. The number of sulfonamides is 1. The number of hydrogen-bond donors (Lipinski definition) is 1. The molecule has 4 aromatic carbocycles. The summed E-state index contributed by atoms with van der Waals surface area (Å²) in [5, 5.41) is 2.94. The minimum Gasteiger partial charge on any atom is -0.492 e. The van der Waals surface area contributed by atoms with Gasteiger partial charge in [0.25, 0.3) is 10.0 Å². The predicted octanol–water partition coefficient (Wildman–Crippen LogP) is 6.55. The van der Waals surface area contributed by atoms with Gasteiger partial charge in [0.15, 0.2) is 0 Å². The molecule has 4 aromatic rings. The average molecular weight is 692 g/mol. The molecule has 0 radical (unpaired) electrons. The lowest BCUT2D eigenvalue weighted by molar-refractivity contribution is -0.140. The quantitative estimate of drug-likeness (QED) is 0.134. The topological polar surface area (TPSA) is 96.0 Å². The van der Waals surface area contributed by atoms with Gasteiger partial charge in [0, 0.05) is 30.0 Å². The molecular formula is C37H42FN3O5S2. The third-order valence-corrected chi connectivity index (χ3v) is 10.1. The van der Waals surface area contributed by atoms with Crippen molar-refractivity contribution in [2.75, 3.05) is 30.3 Å². The van der Waals surface area contributed by atoms with Gasteiger partial charge < -0.3 is 15.0 Å². The first-order valence-corrected chi connectivity index (χ1v) is 18.4. The van der Waals surface area contributed by atoms with Crippen LogP contribution in [0.2, 0.25) is 0 Å². The summed E-state index contributed by atoms with van der Waals surface area (Å²) in [5.74, 6) is -1.25. The van der Waals surface area contributed by atoms with Crippen molar-refractivity contribution in [3.8, 4) is 5.75 Å². The monoisotopic (exact) mass is 691 g/mol. The summed E-state index contributed by atoms with van der Waals surface area (Å²) in [6.45, 7) is 5.38. The first-order chi connectivity index (χ1) is 23.0. The van der Waals surface area contributed by atoms with Crippen LogP contribution in [0.4, 0.5) is 10.1 Å². The van der Waals surface area contributed by atoms with Crippen LogP contribution in [0.3, 0.4) is 0 Å². The summed E-state index contributed by atoms with van der Waals surface area (Å²) in [6, 6.07) is 27.2. The Bertz CT molecular complexity index is 1770. The lowest BCUT2D eigenvalue weighted by Gasteiger charge is -2.34. The number of rotatable bonds is 16. The number of carbonyl (C=O) groups excluding carboxylic acids is 2. The average Bonchev–Trinajstić information content (AvgIpc) is 3.09. The van der Waals surface area contributed by atoms with Crippen LogP contribution in [0.1, 0.15) is 31.9 Å². The second-order valence-electron chi connectivity index (χ2n) is 11.5. The van der Waals surface area contributed by atoms with Crippen LogP contribution < -0.4 is 14.4 Å². The molecule has 0 bridgehead atoms. The van der Waals surface area contributed by atoms with Gasteiger partial charge in [-0.25, -0.2) is 12.8 Å². The van der Waals surface area contributed by atoms with Gasteiger partial charge in [0.05, 0.1) is 17.2 Å². The van der Waals surface area contributed by atoms with Crippen LogP contribution in [0, 0.1) is 11.7 Å². The third-order valence-electron chi connectivity index (χ3n) is 7.61. The van der Waals surface area contributed by atoms with Gasteiger partial charge in [-0.1, -0.05) is 74.5 Å². The third kappa shape index (κ3) is 9.38. The molecular weight excluding hydrogens is 650 g/mol. The smallest absolute Gasteiger partial charge is 0.264 e. The highest BCUT2D eigenvalue weighted by atomic mass is 32.2. The summed E-state index contributed by atoms with van der Waals surface area (Å²) < 4.78 is 50.7. The first kappa shape index (κ1) is 36.5. The van der Waals surface area contributed by atoms with Crippen LogP contribution in [0.25, 0.3) is 0 Å². The Morgan fingerprint density at radius 2 is 1.54 bits per heavy atom. The zero-order chi connectivity index (χ0) is 34.7.